The first-order chi connectivity index (χ1) is 9.04. The molecule has 1 aliphatic heterocycles. The molecule has 1 heterocycles. The number of nitrogens with zero attached hydrogens (tertiary/aromatic N) is 1. The molecule has 0 aromatic rings. The van der Waals surface area contributed by atoms with Crippen molar-refractivity contribution in [2.75, 3.05) is 6.54 Å². The summed E-state index contributed by atoms with van der Waals surface area (Å²) < 4.78 is 0. The molecule has 4 heteroatoms. The smallest absolute Gasteiger partial charge is 0.329 e. The maximum atomic E-state index is 12.4. The summed E-state index contributed by atoms with van der Waals surface area (Å²) in [5.41, 5.74) is -0.982. The van der Waals surface area contributed by atoms with Crippen LogP contribution in [0.5, 0.6) is 0 Å². The van der Waals surface area contributed by atoms with Crippen molar-refractivity contribution in [2.45, 2.75) is 70.3 Å². The van der Waals surface area contributed by atoms with E-state index in [1.165, 1.54) is 19.3 Å². The Morgan fingerprint density at radius 2 is 1.84 bits per heavy atom. The highest BCUT2D eigenvalue weighted by atomic mass is 16.4. The van der Waals surface area contributed by atoms with Crippen molar-refractivity contribution in [1.29, 1.82) is 0 Å². The molecule has 2 rings (SSSR count). The number of aliphatic carboxylic acids is 1. The molecule has 1 saturated heterocycles. The second-order valence-corrected chi connectivity index (χ2v) is 6.29. The predicted octanol–water partition coefficient (Wildman–Crippen LogP) is 2.81. The van der Waals surface area contributed by atoms with Crippen LogP contribution < -0.4 is 0 Å². The van der Waals surface area contributed by atoms with Crippen LogP contribution in [0, 0.1) is 5.92 Å². The fraction of sp³-hybridized carbons (Fsp3) is 0.867. The van der Waals surface area contributed by atoms with Gasteiger partial charge in [0.2, 0.25) is 5.91 Å². The molecule has 1 amide bonds. The fourth-order valence-electron chi connectivity index (χ4n) is 3.49. The lowest BCUT2D eigenvalue weighted by molar-refractivity contribution is -0.161. The number of hydrogen-bond acceptors (Lipinski definition) is 2. The predicted molar refractivity (Wildman–Crippen MR) is 72.8 cm³/mol. The second kappa shape index (κ2) is 5.93. The van der Waals surface area contributed by atoms with Crippen molar-refractivity contribution in [1.82, 2.24) is 4.90 Å². The zero-order valence-corrected chi connectivity index (χ0v) is 11.9. The van der Waals surface area contributed by atoms with Crippen molar-refractivity contribution in [3.63, 3.8) is 0 Å². The Kier molecular flexibility index (Phi) is 4.48. The van der Waals surface area contributed by atoms with E-state index in [0.717, 1.165) is 25.7 Å². The van der Waals surface area contributed by atoms with Gasteiger partial charge in [-0.25, -0.2) is 4.79 Å². The van der Waals surface area contributed by atoms with Crippen LogP contribution in [0.1, 0.15) is 64.7 Å². The van der Waals surface area contributed by atoms with E-state index in [0.29, 0.717) is 25.3 Å². The van der Waals surface area contributed by atoms with E-state index in [1.807, 2.05) is 0 Å². The monoisotopic (exact) mass is 267 g/mol. The maximum Gasteiger partial charge on any atom is 0.329 e. The maximum absolute atomic E-state index is 12.4. The Hall–Kier alpha value is -1.06. The highest BCUT2D eigenvalue weighted by molar-refractivity contribution is 5.87. The molecule has 1 aliphatic carbocycles. The highest BCUT2D eigenvalue weighted by Gasteiger charge is 2.43. The first-order valence-electron chi connectivity index (χ1n) is 7.58. The fourth-order valence-corrected chi connectivity index (χ4v) is 3.49. The molecule has 0 bridgehead atoms. The average Bonchev–Trinajstić information content (AvgIpc) is 2.40. The van der Waals surface area contributed by atoms with Gasteiger partial charge >= 0.3 is 5.97 Å². The Bertz CT molecular complexity index is 349. The van der Waals surface area contributed by atoms with E-state index in [-0.39, 0.29) is 5.91 Å². The molecule has 2 fully saturated rings. The number of carboxylic acids is 1. The van der Waals surface area contributed by atoms with Crippen LogP contribution in [0.25, 0.3) is 0 Å². The number of likely N-dealkylation sites (tertiary alicyclic amines) is 1. The van der Waals surface area contributed by atoms with Gasteiger partial charge in [-0.05, 0) is 44.9 Å². The molecule has 1 atom stereocenters. The summed E-state index contributed by atoms with van der Waals surface area (Å²) in [7, 11) is 0. The molecule has 19 heavy (non-hydrogen) atoms. The van der Waals surface area contributed by atoms with Crippen LogP contribution in [-0.4, -0.2) is 34.0 Å². The summed E-state index contributed by atoms with van der Waals surface area (Å²) in [6.07, 6.45) is 8.92. The van der Waals surface area contributed by atoms with Gasteiger partial charge in [-0.2, -0.15) is 0 Å². The average molecular weight is 267 g/mol. The van der Waals surface area contributed by atoms with Crippen LogP contribution in [0.2, 0.25) is 0 Å². The molecular formula is C15H25NO3. The van der Waals surface area contributed by atoms with Crippen LogP contribution in [0.15, 0.2) is 0 Å². The molecule has 2 aliphatic rings. The summed E-state index contributed by atoms with van der Waals surface area (Å²) in [6.45, 7) is 2.31. The van der Waals surface area contributed by atoms with E-state index >= 15 is 0 Å². The first-order valence-corrected chi connectivity index (χ1v) is 7.58. The quantitative estimate of drug-likeness (QED) is 0.855. The number of carboxylic acid groups (broad SMARTS) is 1. The van der Waals surface area contributed by atoms with Gasteiger partial charge in [0.05, 0.1) is 0 Å². The SMILES string of the molecule is CC1(C(=O)O)CCCCN1C(=O)CC1CCCCC1. The Morgan fingerprint density at radius 1 is 1.16 bits per heavy atom. The number of carbonyl (C=O) groups excluding carboxylic acids is 1. The molecule has 1 N–H and O–H groups in total. The minimum atomic E-state index is -0.982. The van der Waals surface area contributed by atoms with Crippen LogP contribution >= 0.6 is 0 Å². The molecule has 0 radical (unpaired) electrons. The van der Waals surface area contributed by atoms with Gasteiger partial charge in [-0.3, -0.25) is 4.79 Å². The van der Waals surface area contributed by atoms with Gasteiger partial charge in [-0.15, -0.1) is 0 Å². The van der Waals surface area contributed by atoms with E-state index in [9.17, 15) is 14.7 Å². The summed E-state index contributed by atoms with van der Waals surface area (Å²) in [4.78, 5) is 25.6. The summed E-state index contributed by atoms with van der Waals surface area (Å²) in [5.74, 6) is -0.332. The molecule has 0 aromatic carbocycles. The Labute approximate surface area is 115 Å². The van der Waals surface area contributed by atoms with Crippen LogP contribution in [-0.2, 0) is 9.59 Å². The van der Waals surface area contributed by atoms with Gasteiger partial charge in [-0.1, -0.05) is 19.3 Å². The van der Waals surface area contributed by atoms with Gasteiger partial charge in [0.1, 0.15) is 5.54 Å². The third-order valence-electron chi connectivity index (χ3n) is 4.84. The molecular weight excluding hydrogens is 242 g/mol. The van der Waals surface area contributed by atoms with Crippen LogP contribution in [0.4, 0.5) is 0 Å². The third-order valence-corrected chi connectivity index (χ3v) is 4.84. The lowest BCUT2D eigenvalue weighted by Crippen LogP contribution is -2.57. The normalized spacial score (nSPS) is 29.2. The zero-order valence-electron chi connectivity index (χ0n) is 11.9. The molecule has 4 nitrogen and oxygen atoms in total. The number of amides is 1. The van der Waals surface area contributed by atoms with E-state index < -0.39 is 11.5 Å². The number of rotatable bonds is 3. The summed E-state index contributed by atoms with van der Waals surface area (Å²) >= 11 is 0. The van der Waals surface area contributed by atoms with Crippen molar-refractivity contribution < 1.29 is 14.7 Å². The molecule has 0 spiro atoms. The zero-order chi connectivity index (χ0) is 13.9. The van der Waals surface area contributed by atoms with Gasteiger partial charge in [0, 0.05) is 13.0 Å². The minimum absolute atomic E-state index is 0.0523. The van der Waals surface area contributed by atoms with E-state index in [1.54, 1.807) is 11.8 Å². The number of carbonyl (C=O) groups is 2. The summed E-state index contributed by atoms with van der Waals surface area (Å²) in [6, 6.07) is 0. The highest BCUT2D eigenvalue weighted by Crippen LogP contribution is 2.32. The Balaban J connectivity index is 2.01. The van der Waals surface area contributed by atoms with E-state index in [2.05, 4.69) is 0 Å². The molecule has 1 saturated carbocycles. The molecule has 0 aromatic heterocycles. The molecule has 108 valence electrons. The molecule has 1 unspecified atom stereocenters. The van der Waals surface area contributed by atoms with Gasteiger partial charge < -0.3 is 10.0 Å². The van der Waals surface area contributed by atoms with Crippen molar-refractivity contribution in [3.8, 4) is 0 Å². The van der Waals surface area contributed by atoms with Gasteiger partial charge in [0.25, 0.3) is 0 Å². The first kappa shape index (κ1) is 14.4. The largest absolute Gasteiger partial charge is 0.480 e. The van der Waals surface area contributed by atoms with Crippen molar-refractivity contribution >= 4 is 11.9 Å². The minimum Gasteiger partial charge on any atom is -0.480 e. The second-order valence-electron chi connectivity index (χ2n) is 6.29. The standard InChI is InChI=1S/C15H25NO3/c1-15(14(18)19)9-5-6-10-16(15)13(17)11-12-7-3-2-4-8-12/h12H,2-11H2,1H3,(H,18,19). The lowest BCUT2D eigenvalue weighted by atomic mass is 9.84. The third kappa shape index (κ3) is 3.10. The van der Waals surface area contributed by atoms with E-state index in [4.69, 9.17) is 0 Å². The number of piperidine rings is 1. The van der Waals surface area contributed by atoms with Gasteiger partial charge in [0.15, 0.2) is 0 Å². The Morgan fingerprint density at radius 3 is 2.47 bits per heavy atom. The van der Waals surface area contributed by atoms with Crippen molar-refractivity contribution in [2.24, 2.45) is 5.92 Å². The van der Waals surface area contributed by atoms with Crippen molar-refractivity contribution in [3.05, 3.63) is 0 Å². The summed E-state index contributed by atoms with van der Waals surface area (Å²) in [5, 5.41) is 9.43. The lowest BCUT2D eigenvalue weighted by Gasteiger charge is -2.42. The topological polar surface area (TPSA) is 57.6 Å². The van der Waals surface area contributed by atoms with Crippen LogP contribution in [0.3, 0.4) is 0 Å². The number of hydrogen-bond donors (Lipinski definition) is 1.